The zero-order chi connectivity index (χ0) is 9.97. The number of amides is 1. The van der Waals surface area contributed by atoms with Crippen LogP contribution in [0.4, 0.5) is 4.79 Å². The summed E-state index contributed by atoms with van der Waals surface area (Å²) in [4.78, 5) is 13.2. The second-order valence-electron chi connectivity index (χ2n) is 4.17. The predicted molar refractivity (Wildman–Crippen MR) is 53.1 cm³/mol. The van der Waals surface area contributed by atoms with Crippen molar-refractivity contribution in [2.75, 3.05) is 26.7 Å². The Morgan fingerprint density at radius 3 is 3.14 bits per heavy atom. The molecule has 4 nitrogen and oxygen atoms in total. The predicted octanol–water partition coefficient (Wildman–Crippen LogP) is 0.827. The monoisotopic (exact) mass is 198 g/mol. The van der Waals surface area contributed by atoms with Crippen molar-refractivity contribution >= 4 is 6.09 Å². The van der Waals surface area contributed by atoms with Gasteiger partial charge in [-0.2, -0.15) is 0 Å². The van der Waals surface area contributed by atoms with Gasteiger partial charge in [0.1, 0.15) is 0 Å². The van der Waals surface area contributed by atoms with E-state index in [-0.39, 0.29) is 6.09 Å². The molecule has 14 heavy (non-hydrogen) atoms. The highest BCUT2D eigenvalue weighted by Gasteiger charge is 2.32. The van der Waals surface area contributed by atoms with E-state index in [1.165, 1.54) is 20.0 Å². The van der Waals surface area contributed by atoms with Crippen molar-refractivity contribution in [2.45, 2.75) is 25.3 Å². The third-order valence-electron chi connectivity index (χ3n) is 3.32. The number of hydrogen-bond acceptors (Lipinski definition) is 3. The number of rotatable bonds is 0. The average Bonchev–Trinajstić information content (AvgIpc) is 2.27. The van der Waals surface area contributed by atoms with E-state index in [2.05, 4.69) is 5.32 Å². The van der Waals surface area contributed by atoms with E-state index in [9.17, 15) is 4.79 Å². The van der Waals surface area contributed by atoms with Crippen LogP contribution < -0.4 is 5.32 Å². The molecular formula is C10H18N2O2. The van der Waals surface area contributed by atoms with Crippen LogP contribution in [0.5, 0.6) is 0 Å². The number of hydrogen-bond donors (Lipinski definition) is 1. The maximum atomic E-state index is 11.3. The lowest BCUT2D eigenvalue weighted by molar-refractivity contribution is 0.0817. The molecule has 4 heteroatoms. The van der Waals surface area contributed by atoms with Crippen molar-refractivity contribution in [1.29, 1.82) is 0 Å². The summed E-state index contributed by atoms with van der Waals surface area (Å²) in [5.74, 6) is 0.636. The molecule has 0 aromatic carbocycles. The smallest absolute Gasteiger partial charge is 0.409 e. The van der Waals surface area contributed by atoms with Gasteiger partial charge in [0.2, 0.25) is 0 Å². The van der Waals surface area contributed by atoms with Gasteiger partial charge in [-0.15, -0.1) is 0 Å². The summed E-state index contributed by atoms with van der Waals surface area (Å²) in [6, 6.07) is 0.629. The molecule has 2 saturated heterocycles. The molecule has 0 radical (unpaired) electrons. The summed E-state index contributed by atoms with van der Waals surface area (Å²) in [6.45, 7) is 2.84. The minimum atomic E-state index is -0.172. The van der Waals surface area contributed by atoms with Crippen molar-refractivity contribution in [3.63, 3.8) is 0 Å². The second-order valence-corrected chi connectivity index (χ2v) is 4.17. The van der Waals surface area contributed by atoms with E-state index in [0.717, 1.165) is 26.1 Å². The van der Waals surface area contributed by atoms with Gasteiger partial charge in [0.05, 0.1) is 7.11 Å². The zero-order valence-corrected chi connectivity index (χ0v) is 8.66. The highest BCUT2D eigenvalue weighted by molar-refractivity contribution is 5.67. The number of methoxy groups -OCH3 is 1. The maximum absolute atomic E-state index is 11.3. The molecule has 1 N–H and O–H groups in total. The van der Waals surface area contributed by atoms with E-state index >= 15 is 0 Å². The topological polar surface area (TPSA) is 41.6 Å². The van der Waals surface area contributed by atoms with Crippen LogP contribution in [-0.2, 0) is 4.74 Å². The van der Waals surface area contributed by atoms with Gasteiger partial charge in [-0.25, -0.2) is 4.79 Å². The van der Waals surface area contributed by atoms with Crippen molar-refractivity contribution in [3.05, 3.63) is 0 Å². The number of piperidine rings is 2. The molecule has 0 spiro atoms. The Morgan fingerprint density at radius 2 is 2.36 bits per heavy atom. The molecule has 2 heterocycles. The van der Waals surface area contributed by atoms with Crippen molar-refractivity contribution in [1.82, 2.24) is 10.2 Å². The molecule has 2 rings (SSSR count). The van der Waals surface area contributed by atoms with Crippen LogP contribution in [0.15, 0.2) is 0 Å². The van der Waals surface area contributed by atoms with Gasteiger partial charge in [0.25, 0.3) is 0 Å². The van der Waals surface area contributed by atoms with Gasteiger partial charge in [0.15, 0.2) is 0 Å². The molecule has 0 aliphatic carbocycles. The van der Waals surface area contributed by atoms with E-state index in [0.29, 0.717) is 12.0 Å². The summed E-state index contributed by atoms with van der Waals surface area (Å²) < 4.78 is 4.74. The molecule has 0 unspecified atom stereocenters. The fraction of sp³-hybridized carbons (Fsp3) is 0.900. The Labute approximate surface area is 84.6 Å². The van der Waals surface area contributed by atoms with Gasteiger partial charge in [-0.1, -0.05) is 0 Å². The van der Waals surface area contributed by atoms with Crippen molar-refractivity contribution in [2.24, 2.45) is 5.92 Å². The number of carbonyl (C=O) groups is 1. The maximum Gasteiger partial charge on any atom is 0.409 e. The normalized spacial score (nSPS) is 32.2. The molecule has 80 valence electrons. The molecule has 2 atom stereocenters. The van der Waals surface area contributed by atoms with E-state index < -0.39 is 0 Å². The molecule has 0 saturated carbocycles. The lowest BCUT2D eigenvalue weighted by atomic mass is 9.85. The Morgan fingerprint density at radius 1 is 1.50 bits per heavy atom. The third kappa shape index (κ3) is 1.85. The first-order chi connectivity index (χ1) is 6.81. The molecule has 0 bridgehead atoms. The second kappa shape index (κ2) is 4.17. The number of nitrogens with zero attached hydrogens (tertiary/aromatic N) is 1. The van der Waals surface area contributed by atoms with Gasteiger partial charge in [-0.05, 0) is 31.7 Å². The van der Waals surface area contributed by atoms with E-state index in [1.54, 1.807) is 0 Å². The summed E-state index contributed by atoms with van der Waals surface area (Å²) >= 11 is 0. The van der Waals surface area contributed by atoms with E-state index in [4.69, 9.17) is 4.74 Å². The Kier molecular flexibility index (Phi) is 2.91. The fourth-order valence-corrected chi connectivity index (χ4v) is 2.54. The van der Waals surface area contributed by atoms with Crippen LogP contribution in [0.1, 0.15) is 19.3 Å². The van der Waals surface area contributed by atoms with Crippen LogP contribution in [0.25, 0.3) is 0 Å². The number of likely N-dealkylation sites (tertiary alicyclic amines) is 1. The van der Waals surface area contributed by atoms with Gasteiger partial charge < -0.3 is 15.0 Å². The average molecular weight is 198 g/mol. The van der Waals surface area contributed by atoms with Crippen molar-refractivity contribution in [3.8, 4) is 0 Å². The summed E-state index contributed by atoms with van der Waals surface area (Å²) in [6.07, 6.45) is 3.37. The first kappa shape index (κ1) is 9.77. The number of fused-ring (bicyclic) bond motifs is 1. The lowest BCUT2D eigenvalue weighted by Crippen LogP contribution is -2.53. The first-order valence-electron chi connectivity index (χ1n) is 5.37. The largest absolute Gasteiger partial charge is 0.453 e. The molecule has 2 aliphatic rings. The highest BCUT2D eigenvalue weighted by Crippen LogP contribution is 2.24. The quantitative estimate of drug-likeness (QED) is 0.626. The fourth-order valence-electron chi connectivity index (χ4n) is 2.54. The minimum absolute atomic E-state index is 0.172. The first-order valence-corrected chi connectivity index (χ1v) is 5.37. The standard InChI is InChI=1S/C10H18N2O2/c1-14-10(13)12-6-4-9-8(7-12)3-2-5-11-9/h8-9,11H,2-7H2,1H3/t8-,9+/m0/s1. The van der Waals surface area contributed by atoms with Crippen LogP contribution in [-0.4, -0.2) is 43.8 Å². The molecule has 0 aromatic rings. The molecule has 2 aliphatic heterocycles. The van der Waals surface area contributed by atoms with E-state index in [1.807, 2.05) is 4.90 Å². The van der Waals surface area contributed by atoms with Crippen LogP contribution in [0.2, 0.25) is 0 Å². The SMILES string of the molecule is COC(=O)N1CC[C@H]2NCCC[C@H]2C1. The molecule has 2 fully saturated rings. The molecular weight excluding hydrogens is 180 g/mol. The Bertz CT molecular complexity index is 220. The summed E-state index contributed by atoms with van der Waals surface area (Å²) in [5, 5.41) is 3.52. The van der Waals surface area contributed by atoms with Gasteiger partial charge in [0, 0.05) is 19.1 Å². The number of nitrogens with one attached hydrogen (secondary N) is 1. The Balaban J connectivity index is 1.92. The molecule has 1 amide bonds. The van der Waals surface area contributed by atoms with Crippen molar-refractivity contribution < 1.29 is 9.53 Å². The zero-order valence-electron chi connectivity index (χ0n) is 8.66. The van der Waals surface area contributed by atoms with Crippen LogP contribution >= 0.6 is 0 Å². The summed E-state index contributed by atoms with van der Waals surface area (Å²) in [5.41, 5.74) is 0. The Hall–Kier alpha value is -0.770. The molecule has 0 aromatic heterocycles. The van der Waals surface area contributed by atoms with Crippen LogP contribution in [0, 0.1) is 5.92 Å². The van der Waals surface area contributed by atoms with Gasteiger partial charge >= 0.3 is 6.09 Å². The van der Waals surface area contributed by atoms with Gasteiger partial charge in [-0.3, -0.25) is 0 Å². The third-order valence-corrected chi connectivity index (χ3v) is 3.32. The van der Waals surface area contributed by atoms with Crippen LogP contribution in [0.3, 0.4) is 0 Å². The minimum Gasteiger partial charge on any atom is -0.453 e. The highest BCUT2D eigenvalue weighted by atomic mass is 16.5. The lowest BCUT2D eigenvalue weighted by Gasteiger charge is -2.41. The number of carbonyl (C=O) groups excluding carboxylic acids is 1. The number of ether oxygens (including phenoxy) is 1. The summed E-state index contributed by atoms with van der Waals surface area (Å²) in [7, 11) is 1.45.